The number of alkyl carbamates (subject to hydrolysis) is 1. The van der Waals surface area contributed by atoms with Crippen molar-refractivity contribution in [2.24, 2.45) is 0 Å². The molecule has 7 nitrogen and oxygen atoms in total. The number of carbonyl (C=O) groups is 2. The Morgan fingerprint density at radius 3 is 2.57 bits per heavy atom. The van der Waals surface area contributed by atoms with Gasteiger partial charge in [0.1, 0.15) is 29.2 Å². The molecule has 3 aliphatic rings. The maximum atomic E-state index is 12.4. The number of ether oxygens (including phenoxy) is 3. The number of hydrogen-bond acceptors (Lipinski definition) is 5. The van der Waals surface area contributed by atoms with Crippen molar-refractivity contribution < 1.29 is 23.8 Å². The SMILES string of the molecule is Cc1ccc(OC2CC(NC(=O)[C@@H](C)NC(=O)OC(C)(C)C)C2)c2c1OCC21CC1. The lowest BCUT2D eigenvalue weighted by Crippen LogP contribution is -2.54. The fraction of sp³-hybridized carbons (Fsp3) is 0.652. The van der Waals surface area contributed by atoms with Gasteiger partial charge in [0.25, 0.3) is 0 Å². The highest BCUT2D eigenvalue weighted by molar-refractivity contribution is 5.85. The molecule has 4 rings (SSSR count). The molecule has 1 heterocycles. The lowest BCUT2D eigenvalue weighted by atomic mass is 9.88. The molecule has 1 aromatic rings. The van der Waals surface area contributed by atoms with E-state index in [1.54, 1.807) is 27.7 Å². The van der Waals surface area contributed by atoms with Crippen LogP contribution >= 0.6 is 0 Å². The Hall–Kier alpha value is -2.44. The van der Waals surface area contributed by atoms with Crippen molar-refractivity contribution >= 4 is 12.0 Å². The summed E-state index contributed by atoms with van der Waals surface area (Å²) < 4.78 is 17.4. The Bertz CT molecular complexity index is 850. The van der Waals surface area contributed by atoms with E-state index in [4.69, 9.17) is 14.2 Å². The highest BCUT2D eigenvalue weighted by Gasteiger charge is 2.53. The molecule has 0 aromatic heterocycles. The summed E-state index contributed by atoms with van der Waals surface area (Å²) in [5.74, 6) is 1.71. The molecule has 0 unspecified atom stereocenters. The van der Waals surface area contributed by atoms with E-state index in [0.717, 1.165) is 49.4 Å². The first kappa shape index (κ1) is 20.8. The van der Waals surface area contributed by atoms with E-state index in [1.807, 2.05) is 0 Å². The predicted octanol–water partition coefficient (Wildman–Crippen LogP) is 3.36. The van der Waals surface area contributed by atoms with Crippen LogP contribution in [0.5, 0.6) is 11.5 Å². The first-order valence-electron chi connectivity index (χ1n) is 10.8. The normalized spacial score (nSPS) is 24.2. The number of hydrogen-bond donors (Lipinski definition) is 2. The molecule has 7 heteroatoms. The smallest absolute Gasteiger partial charge is 0.408 e. The van der Waals surface area contributed by atoms with Crippen LogP contribution in [0.15, 0.2) is 12.1 Å². The molecule has 2 saturated carbocycles. The molecule has 0 saturated heterocycles. The van der Waals surface area contributed by atoms with Crippen LogP contribution < -0.4 is 20.1 Å². The largest absolute Gasteiger partial charge is 0.492 e. The van der Waals surface area contributed by atoms with Crippen molar-refractivity contribution in [1.29, 1.82) is 0 Å². The van der Waals surface area contributed by atoms with Crippen molar-refractivity contribution in [1.82, 2.24) is 10.6 Å². The van der Waals surface area contributed by atoms with E-state index < -0.39 is 17.7 Å². The van der Waals surface area contributed by atoms with E-state index in [-0.39, 0.29) is 23.5 Å². The van der Waals surface area contributed by atoms with Crippen LogP contribution in [0.2, 0.25) is 0 Å². The van der Waals surface area contributed by atoms with Gasteiger partial charge in [0.05, 0.1) is 6.61 Å². The van der Waals surface area contributed by atoms with Crippen LogP contribution in [0.25, 0.3) is 0 Å². The van der Waals surface area contributed by atoms with Gasteiger partial charge in [-0.1, -0.05) is 6.07 Å². The van der Waals surface area contributed by atoms with Gasteiger partial charge in [-0.25, -0.2) is 4.79 Å². The molecule has 1 atom stereocenters. The maximum Gasteiger partial charge on any atom is 0.408 e. The number of aryl methyl sites for hydroxylation is 1. The van der Waals surface area contributed by atoms with Crippen molar-refractivity contribution in [3.63, 3.8) is 0 Å². The average molecular weight is 417 g/mol. The summed E-state index contributed by atoms with van der Waals surface area (Å²) in [4.78, 5) is 24.2. The zero-order valence-corrected chi connectivity index (χ0v) is 18.5. The summed E-state index contributed by atoms with van der Waals surface area (Å²) in [5.41, 5.74) is 1.96. The molecule has 2 aliphatic carbocycles. The van der Waals surface area contributed by atoms with Crippen molar-refractivity contribution in [2.45, 2.75) is 89.5 Å². The molecular formula is C23H32N2O5. The molecule has 0 bridgehead atoms. The Morgan fingerprint density at radius 1 is 1.23 bits per heavy atom. The molecule has 1 aromatic carbocycles. The minimum Gasteiger partial charge on any atom is -0.492 e. The molecule has 0 radical (unpaired) electrons. The second-order valence-electron chi connectivity index (χ2n) is 9.94. The number of nitrogens with one attached hydrogen (secondary N) is 2. The fourth-order valence-corrected chi connectivity index (χ4v) is 4.12. The topological polar surface area (TPSA) is 85.9 Å². The van der Waals surface area contributed by atoms with E-state index >= 15 is 0 Å². The second-order valence-corrected chi connectivity index (χ2v) is 9.94. The van der Waals surface area contributed by atoms with E-state index in [1.165, 1.54) is 5.56 Å². The highest BCUT2D eigenvalue weighted by Crippen LogP contribution is 2.59. The number of rotatable bonds is 5. The monoisotopic (exact) mass is 416 g/mol. The number of carbonyl (C=O) groups excluding carboxylic acids is 2. The summed E-state index contributed by atoms with van der Waals surface area (Å²) in [5, 5.41) is 5.55. The third-order valence-corrected chi connectivity index (χ3v) is 6.05. The maximum absolute atomic E-state index is 12.4. The molecule has 1 aliphatic heterocycles. The quantitative estimate of drug-likeness (QED) is 0.769. The van der Waals surface area contributed by atoms with Gasteiger partial charge >= 0.3 is 6.09 Å². The van der Waals surface area contributed by atoms with E-state index in [2.05, 4.69) is 29.7 Å². The predicted molar refractivity (Wildman–Crippen MR) is 112 cm³/mol. The third kappa shape index (κ3) is 4.20. The Labute approximate surface area is 177 Å². The van der Waals surface area contributed by atoms with Crippen LogP contribution in [-0.4, -0.2) is 42.4 Å². The zero-order valence-electron chi connectivity index (χ0n) is 18.5. The van der Waals surface area contributed by atoms with Crippen molar-refractivity contribution in [3.05, 3.63) is 23.3 Å². The number of fused-ring (bicyclic) bond motifs is 2. The van der Waals surface area contributed by atoms with Crippen molar-refractivity contribution in [2.75, 3.05) is 6.61 Å². The number of amides is 2. The van der Waals surface area contributed by atoms with Crippen LogP contribution in [0, 0.1) is 6.92 Å². The third-order valence-electron chi connectivity index (χ3n) is 6.05. The van der Waals surface area contributed by atoms with Gasteiger partial charge in [0.15, 0.2) is 0 Å². The summed E-state index contributed by atoms with van der Waals surface area (Å²) in [6, 6.07) is 3.50. The minimum atomic E-state index is -0.660. The van der Waals surface area contributed by atoms with E-state index in [9.17, 15) is 9.59 Å². The van der Waals surface area contributed by atoms with Crippen LogP contribution in [0.1, 0.15) is 64.5 Å². The summed E-state index contributed by atoms with van der Waals surface area (Å²) >= 11 is 0. The van der Waals surface area contributed by atoms with Gasteiger partial charge in [-0.2, -0.15) is 0 Å². The summed E-state index contributed by atoms with van der Waals surface area (Å²) in [7, 11) is 0. The summed E-state index contributed by atoms with van der Waals surface area (Å²) in [6.45, 7) is 9.84. The Balaban J connectivity index is 1.26. The molecule has 2 amide bonds. The van der Waals surface area contributed by atoms with Gasteiger partial charge in [-0.15, -0.1) is 0 Å². The first-order chi connectivity index (χ1) is 14.1. The highest BCUT2D eigenvalue weighted by atomic mass is 16.6. The number of benzene rings is 1. The van der Waals surface area contributed by atoms with Gasteiger partial charge in [-0.05, 0) is 59.1 Å². The van der Waals surface area contributed by atoms with Gasteiger partial charge < -0.3 is 24.8 Å². The Kier molecular flexibility index (Phi) is 5.11. The van der Waals surface area contributed by atoms with Crippen molar-refractivity contribution in [3.8, 4) is 11.5 Å². The lowest BCUT2D eigenvalue weighted by molar-refractivity contribution is -0.124. The minimum absolute atomic E-state index is 0.0509. The fourth-order valence-electron chi connectivity index (χ4n) is 4.12. The van der Waals surface area contributed by atoms with E-state index in [0.29, 0.717) is 0 Å². The van der Waals surface area contributed by atoms with Crippen LogP contribution in [0.4, 0.5) is 4.79 Å². The molecule has 2 fully saturated rings. The molecule has 1 spiro atoms. The van der Waals surface area contributed by atoms with Gasteiger partial charge in [-0.3, -0.25) is 4.79 Å². The van der Waals surface area contributed by atoms with Gasteiger partial charge in [0.2, 0.25) is 5.91 Å². The van der Waals surface area contributed by atoms with Crippen LogP contribution in [-0.2, 0) is 14.9 Å². The van der Waals surface area contributed by atoms with Crippen LogP contribution in [0.3, 0.4) is 0 Å². The molecule has 30 heavy (non-hydrogen) atoms. The zero-order chi connectivity index (χ0) is 21.7. The van der Waals surface area contributed by atoms with Gasteiger partial charge in [0, 0.05) is 29.9 Å². The second kappa shape index (κ2) is 7.36. The average Bonchev–Trinajstić information content (AvgIpc) is 3.27. The lowest BCUT2D eigenvalue weighted by Gasteiger charge is -2.37. The first-order valence-corrected chi connectivity index (χ1v) is 10.8. The summed E-state index contributed by atoms with van der Waals surface area (Å²) in [6.07, 6.45) is 3.30. The molecule has 2 N–H and O–H groups in total. The standard InChI is InChI=1S/C23H32N2O5/c1-13-6-7-17(18-19(13)28-12-23(18)8-9-23)29-16-10-15(11-16)25-20(26)14(2)24-21(27)30-22(3,4)5/h6-7,14-16H,8-12H2,1-5H3,(H,24,27)(H,25,26)/t14-,15?,16?/m1/s1. The molecular weight excluding hydrogens is 384 g/mol. The Morgan fingerprint density at radius 2 is 1.93 bits per heavy atom. The molecule has 164 valence electrons.